The Morgan fingerprint density at radius 2 is 2.05 bits per heavy atom. The third-order valence-corrected chi connectivity index (χ3v) is 3.94. The number of aromatic nitrogens is 1. The highest BCUT2D eigenvalue weighted by Gasteiger charge is 2.14. The van der Waals surface area contributed by atoms with Gasteiger partial charge in [-0.15, -0.1) is 0 Å². The van der Waals surface area contributed by atoms with Crippen molar-refractivity contribution in [1.29, 1.82) is 0 Å². The van der Waals surface area contributed by atoms with Gasteiger partial charge in [0.2, 0.25) is 0 Å². The molecule has 19 heavy (non-hydrogen) atoms. The van der Waals surface area contributed by atoms with Gasteiger partial charge in [0.05, 0.1) is 5.52 Å². The first-order valence-electron chi connectivity index (χ1n) is 7.14. The van der Waals surface area contributed by atoms with Crippen molar-refractivity contribution >= 4 is 16.7 Å². The van der Waals surface area contributed by atoms with E-state index in [2.05, 4.69) is 48.3 Å². The molecule has 0 radical (unpaired) electrons. The lowest BCUT2D eigenvalue weighted by atomic mass is 10.0. The SMILES string of the molecule is CCc1cccc2c(C)cc(N3CCNCC3)nc12. The minimum atomic E-state index is 1.04. The molecule has 0 amide bonds. The maximum absolute atomic E-state index is 4.93. The second-order valence-corrected chi connectivity index (χ2v) is 5.20. The van der Waals surface area contributed by atoms with Crippen molar-refractivity contribution in [3.05, 3.63) is 35.4 Å². The Morgan fingerprint density at radius 3 is 2.79 bits per heavy atom. The maximum Gasteiger partial charge on any atom is 0.129 e. The summed E-state index contributed by atoms with van der Waals surface area (Å²) in [6.45, 7) is 8.58. The molecule has 1 aliphatic rings. The molecule has 1 fully saturated rings. The number of pyridine rings is 1. The summed E-state index contributed by atoms with van der Waals surface area (Å²) in [4.78, 5) is 7.31. The fourth-order valence-electron chi connectivity index (χ4n) is 2.80. The minimum Gasteiger partial charge on any atom is -0.354 e. The molecule has 1 aromatic carbocycles. The van der Waals surface area contributed by atoms with Gasteiger partial charge in [-0.1, -0.05) is 25.1 Å². The minimum absolute atomic E-state index is 1.04. The molecule has 100 valence electrons. The summed E-state index contributed by atoms with van der Waals surface area (Å²) in [5.41, 5.74) is 3.85. The van der Waals surface area contributed by atoms with E-state index in [1.165, 1.54) is 22.0 Å². The Balaban J connectivity index is 2.11. The van der Waals surface area contributed by atoms with E-state index in [9.17, 15) is 0 Å². The van der Waals surface area contributed by atoms with Gasteiger partial charge in [0.25, 0.3) is 0 Å². The summed E-state index contributed by atoms with van der Waals surface area (Å²) < 4.78 is 0. The number of rotatable bonds is 2. The molecule has 1 saturated heterocycles. The van der Waals surface area contributed by atoms with Gasteiger partial charge in [-0.2, -0.15) is 0 Å². The molecule has 3 rings (SSSR count). The van der Waals surface area contributed by atoms with Crippen molar-refractivity contribution < 1.29 is 0 Å². The van der Waals surface area contributed by atoms with E-state index in [1.54, 1.807) is 0 Å². The molecule has 0 saturated carbocycles. The molecule has 0 aliphatic carbocycles. The van der Waals surface area contributed by atoms with Gasteiger partial charge in [-0.3, -0.25) is 0 Å². The summed E-state index contributed by atoms with van der Waals surface area (Å²) in [6, 6.07) is 8.74. The van der Waals surface area contributed by atoms with Crippen LogP contribution in [0.5, 0.6) is 0 Å². The molecule has 0 atom stereocenters. The first-order chi connectivity index (χ1) is 9.29. The molecule has 0 unspecified atom stereocenters. The molecule has 0 spiro atoms. The van der Waals surface area contributed by atoms with Crippen LogP contribution in [-0.4, -0.2) is 31.2 Å². The van der Waals surface area contributed by atoms with Crippen LogP contribution in [0.3, 0.4) is 0 Å². The van der Waals surface area contributed by atoms with Crippen LogP contribution in [0.2, 0.25) is 0 Å². The molecular formula is C16H21N3. The Morgan fingerprint density at radius 1 is 1.26 bits per heavy atom. The van der Waals surface area contributed by atoms with E-state index in [0.717, 1.165) is 38.4 Å². The van der Waals surface area contributed by atoms with Crippen LogP contribution < -0.4 is 10.2 Å². The zero-order valence-corrected chi connectivity index (χ0v) is 11.7. The summed E-state index contributed by atoms with van der Waals surface area (Å²) >= 11 is 0. The second kappa shape index (κ2) is 5.17. The smallest absolute Gasteiger partial charge is 0.129 e. The third kappa shape index (κ3) is 2.30. The highest BCUT2D eigenvalue weighted by atomic mass is 15.2. The predicted octanol–water partition coefficient (Wildman–Crippen LogP) is 2.52. The summed E-state index contributed by atoms with van der Waals surface area (Å²) in [5, 5.41) is 4.68. The number of aryl methyl sites for hydroxylation is 2. The van der Waals surface area contributed by atoms with E-state index >= 15 is 0 Å². The summed E-state index contributed by atoms with van der Waals surface area (Å²) in [6.07, 6.45) is 1.04. The topological polar surface area (TPSA) is 28.2 Å². The van der Waals surface area contributed by atoms with E-state index in [1.807, 2.05) is 0 Å². The number of anilines is 1. The van der Waals surface area contributed by atoms with Gasteiger partial charge in [-0.25, -0.2) is 4.98 Å². The van der Waals surface area contributed by atoms with Crippen LogP contribution in [0, 0.1) is 6.92 Å². The molecule has 1 aliphatic heterocycles. The van der Waals surface area contributed by atoms with Crippen LogP contribution in [-0.2, 0) is 6.42 Å². The van der Waals surface area contributed by atoms with E-state index < -0.39 is 0 Å². The van der Waals surface area contributed by atoms with Crippen molar-refractivity contribution in [2.75, 3.05) is 31.1 Å². The normalized spacial score (nSPS) is 16.0. The highest BCUT2D eigenvalue weighted by molar-refractivity contribution is 5.86. The van der Waals surface area contributed by atoms with Gasteiger partial charge in [0.1, 0.15) is 5.82 Å². The fraction of sp³-hybridized carbons (Fsp3) is 0.438. The Bertz CT molecular complexity index is 586. The van der Waals surface area contributed by atoms with E-state index in [0.29, 0.717) is 0 Å². The summed E-state index contributed by atoms with van der Waals surface area (Å²) in [5.74, 6) is 1.13. The van der Waals surface area contributed by atoms with Crippen LogP contribution >= 0.6 is 0 Å². The van der Waals surface area contributed by atoms with Gasteiger partial charge in [0.15, 0.2) is 0 Å². The van der Waals surface area contributed by atoms with Crippen LogP contribution in [0.4, 0.5) is 5.82 Å². The molecular weight excluding hydrogens is 234 g/mol. The Labute approximate surface area is 114 Å². The average Bonchev–Trinajstić information content (AvgIpc) is 2.47. The van der Waals surface area contributed by atoms with Crippen molar-refractivity contribution in [3.8, 4) is 0 Å². The third-order valence-electron chi connectivity index (χ3n) is 3.94. The highest BCUT2D eigenvalue weighted by Crippen LogP contribution is 2.25. The number of piperazine rings is 1. The quantitative estimate of drug-likeness (QED) is 0.893. The number of fused-ring (bicyclic) bond motifs is 1. The van der Waals surface area contributed by atoms with Gasteiger partial charge in [-0.05, 0) is 30.5 Å². The van der Waals surface area contributed by atoms with E-state index in [4.69, 9.17) is 4.98 Å². The summed E-state index contributed by atoms with van der Waals surface area (Å²) in [7, 11) is 0. The molecule has 0 bridgehead atoms. The van der Waals surface area contributed by atoms with Crippen LogP contribution in [0.1, 0.15) is 18.1 Å². The first-order valence-corrected chi connectivity index (χ1v) is 7.14. The zero-order chi connectivity index (χ0) is 13.2. The van der Waals surface area contributed by atoms with Gasteiger partial charge < -0.3 is 10.2 Å². The lowest BCUT2D eigenvalue weighted by Gasteiger charge is -2.29. The lowest BCUT2D eigenvalue weighted by molar-refractivity contribution is 0.585. The number of para-hydroxylation sites is 1. The largest absolute Gasteiger partial charge is 0.354 e. The molecule has 3 heteroatoms. The average molecular weight is 255 g/mol. The molecule has 1 aromatic heterocycles. The van der Waals surface area contributed by atoms with Crippen molar-refractivity contribution in [2.24, 2.45) is 0 Å². The molecule has 3 nitrogen and oxygen atoms in total. The molecule has 2 aromatic rings. The van der Waals surface area contributed by atoms with Crippen molar-refractivity contribution in [2.45, 2.75) is 20.3 Å². The molecule has 1 N–H and O–H groups in total. The van der Waals surface area contributed by atoms with E-state index in [-0.39, 0.29) is 0 Å². The van der Waals surface area contributed by atoms with Crippen LogP contribution in [0.15, 0.2) is 24.3 Å². The lowest BCUT2D eigenvalue weighted by Crippen LogP contribution is -2.43. The zero-order valence-electron chi connectivity index (χ0n) is 11.7. The van der Waals surface area contributed by atoms with Gasteiger partial charge >= 0.3 is 0 Å². The number of benzene rings is 1. The predicted molar refractivity (Wildman–Crippen MR) is 80.9 cm³/mol. The first kappa shape index (κ1) is 12.4. The van der Waals surface area contributed by atoms with Crippen molar-refractivity contribution in [3.63, 3.8) is 0 Å². The number of hydrogen-bond donors (Lipinski definition) is 1. The number of nitrogens with one attached hydrogen (secondary N) is 1. The Hall–Kier alpha value is -1.61. The van der Waals surface area contributed by atoms with Gasteiger partial charge in [0, 0.05) is 31.6 Å². The molecule has 2 heterocycles. The van der Waals surface area contributed by atoms with Crippen molar-refractivity contribution in [1.82, 2.24) is 10.3 Å². The fourth-order valence-corrected chi connectivity index (χ4v) is 2.80. The maximum atomic E-state index is 4.93. The number of hydrogen-bond acceptors (Lipinski definition) is 3. The standard InChI is InChI=1S/C16H21N3/c1-3-13-5-4-6-14-12(2)11-15(18-16(13)14)19-9-7-17-8-10-19/h4-6,11,17H,3,7-10H2,1-2H3. The second-order valence-electron chi connectivity index (χ2n) is 5.20. The van der Waals surface area contributed by atoms with Crippen LogP contribution in [0.25, 0.3) is 10.9 Å². The number of nitrogens with zero attached hydrogens (tertiary/aromatic N) is 2. The monoisotopic (exact) mass is 255 g/mol. The Kier molecular flexibility index (Phi) is 3.38.